The summed E-state index contributed by atoms with van der Waals surface area (Å²) in [5, 5.41) is 0. The van der Waals surface area contributed by atoms with E-state index in [2.05, 4.69) is 15.8 Å². The Bertz CT molecular complexity index is 1020. The molecule has 0 aliphatic carbocycles. The summed E-state index contributed by atoms with van der Waals surface area (Å²) in [5.41, 5.74) is 2.00. The number of fused-ring (bicyclic) bond motifs is 2. The first kappa shape index (κ1) is 18.1. The van der Waals surface area contributed by atoms with Gasteiger partial charge in [0.05, 0.1) is 16.6 Å². The van der Waals surface area contributed by atoms with Gasteiger partial charge < -0.3 is 14.0 Å². The Morgan fingerprint density at radius 3 is 2.67 bits per heavy atom. The zero-order valence-electron chi connectivity index (χ0n) is 15.0. The fourth-order valence-corrected chi connectivity index (χ4v) is 4.46. The second-order valence-electron chi connectivity index (χ2n) is 6.16. The predicted octanol–water partition coefficient (Wildman–Crippen LogP) is 3.51. The minimum Gasteiger partial charge on any atom is -0.486 e. The molecule has 0 atom stereocenters. The van der Waals surface area contributed by atoms with E-state index in [4.69, 9.17) is 9.47 Å². The molecule has 1 amide bonds. The molecule has 0 saturated heterocycles. The quantitative estimate of drug-likeness (QED) is 0.658. The largest absolute Gasteiger partial charge is 0.486 e. The van der Waals surface area contributed by atoms with Gasteiger partial charge in [-0.15, -0.1) is 0 Å². The van der Waals surface area contributed by atoms with Gasteiger partial charge in [0.15, 0.2) is 16.3 Å². The van der Waals surface area contributed by atoms with Crippen LogP contribution in [0.2, 0.25) is 0 Å². The molecule has 1 aromatic heterocycles. The van der Waals surface area contributed by atoms with Gasteiger partial charge in [-0.2, -0.15) is 16.8 Å². The normalized spacial score (nSPS) is 13.9. The Balaban J connectivity index is 1.74. The van der Waals surface area contributed by atoms with Crippen LogP contribution in [0.3, 0.4) is 0 Å². The number of rotatable bonds is 5. The molecule has 0 unspecified atom stereocenters. The molecule has 0 saturated carbocycles. The van der Waals surface area contributed by atoms with Crippen LogP contribution in [0.1, 0.15) is 5.56 Å². The van der Waals surface area contributed by atoms with Gasteiger partial charge in [0.2, 0.25) is 0 Å². The Morgan fingerprint density at radius 2 is 1.93 bits per heavy atom. The molecule has 0 radical (unpaired) electrons. The first-order chi connectivity index (χ1) is 13.2. The molecular weight excluding hydrogens is 380 g/mol. The number of carbonyl (C=O) groups is 1. The van der Waals surface area contributed by atoms with E-state index in [1.54, 1.807) is 11.8 Å². The molecule has 140 valence electrons. The maximum absolute atomic E-state index is 12.5. The van der Waals surface area contributed by atoms with E-state index in [1.807, 2.05) is 42.5 Å². The number of ether oxygens (including phenoxy) is 2. The lowest BCUT2D eigenvalue weighted by Crippen LogP contribution is -2.19. The third-order valence-corrected chi connectivity index (χ3v) is 5.92. The molecule has 3 aromatic rings. The van der Waals surface area contributed by atoms with Crippen molar-refractivity contribution >= 4 is 39.2 Å². The van der Waals surface area contributed by atoms with Gasteiger partial charge in [-0.3, -0.25) is 4.79 Å². The molecular formula is C20H20N2O3S2. The summed E-state index contributed by atoms with van der Waals surface area (Å²) in [4.78, 5) is 17.7. The van der Waals surface area contributed by atoms with Crippen LogP contribution in [-0.2, 0) is 17.8 Å². The second kappa shape index (κ2) is 8.19. The summed E-state index contributed by atoms with van der Waals surface area (Å²) < 4.78 is 14.6. The van der Waals surface area contributed by atoms with E-state index in [9.17, 15) is 4.79 Å². The molecule has 4 rings (SSSR count). The average molecular weight is 401 g/mol. The van der Waals surface area contributed by atoms with Crippen LogP contribution in [0.15, 0.2) is 47.5 Å². The molecule has 1 aliphatic heterocycles. The first-order valence-electron chi connectivity index (χ1n) is 8.78. The SMILES string of the molecule is CSCCn1c(=NC(=O)Cc2ccccc2)sc2cc3c(cc21)OCCO3. The fraction of sp³-hybridized carbons (Fsp3) is 0.300. The van der Waals surface area contributed by atoms with E-state index in [0.717, 1.165) is 44.4 Å². The maximum atomic E-state index is 12.5. The minimum atomic E-state index is -0.136. The van der Waals surface area contributed by atoms with Crippen molar-refractivity contribution < 1.29 is 14.3 Å². The number of aromatic nitrogens is 1. The Labute approximate surface area is 165 Å². The summed E-state index contributed by atoms with van der Waals surface area (Å²) in [6, 6.07) is 13.7. The zero-order valence-corrected chi connectivity index (χ0v) is 16.6. The summed E-state index contributed by atoms with van der Waals surface area (Å²) in [6.07, 6.45) is 2.38. The number of thioether (sulfide) groups is 1. The number of thiazole rings is 1. The van der Waals surface area contributed by atoms with Gasteiger partial charge in [0.25, 0.3) is 5.91 Å². The lowest BCUT2D eigenvalue weighted by atomic mass is 10.1. The van der Waals surface area contributed by atoms with Crippen molar-refractivity contribution in [1.82, 2.24) is 4.57 Å². The molecule has 0 N–H and O–H groups in total. The van der Waals surface area contributed by atoms with Crippen molar-refractivity contribution in [3.63, 3.8) is 0 Å². The number of nitrogens with zero attached hydrogens (tertiary/aromatic N) is 2. The highest BCUT2D eigenvalue weighted by Crippen LogP contribution is 2.35. The highest BCUT2D eigenvalue weighted by molar-refractivity contribution is 7.98. The monoisotopic (exact) mass is 400 g/mol. The maximum Gasteiger partial charge on any atom is 0.252 e. The third kappa shape index (κ3) is 4.04. The molecule has 5 nitrogen and oxygen atoms in total. The summed E-state index contributed by atoms with van der Waals surface area (Å²) in [6.45, 7) is 1.90. The van der Waals surface area contributed by atoms with Crippen LogP contribution in [0.25, 0.3) is 10.2 Å². The molecule has 2 aromatic carbocycles. The van der Waals surface area contributed by atoms with Crippen molar-refractivity contribution in [3.8, 4) is 11.5 Å². The van der Waals surface area contributed by atoms with Crippen molar-refractivity contribution in [3.05, 3.63) is 52.8 Å². The number of hydrogen-bond donors (Lipinski definition) is 0. The van der Waals surface area contributed by atoms with Crippen LogP contribution in [0.4, 0.5) is 0 Å². The molecule has 7 heteroatoms. The van der Waals surface area contributed by atoms with Gasteiger partial charge in [0.1, 0.15) is 13.2 Å². The second-order valence-corrected chi connectivity index (χ2v) is 8.16. The smallest absolute Gasteiger partial charge is 0.252 e. The molecule has 0 spiro atoms. The highest BCUT2D eigenvalue weighted by Gasteiger charge is 2.16. The number of hydrogen-bond acceptors (Lipinski definition) is 5. The van der Waals surface area contributed by atoms with Crippen LogP contribution in [-0.4, -0.2) is 35.7 Å². The summed E-state index contributed by atoms with van der Waals surface area (Å²) >= 11 is 3.29. The number of benzene rings is 2. The van der Waals surface area contributed by atoms with Gasteiger partial charge >= 0.3 is 0 Å². The summed E-state index contributed by atoms with van der Waals surface area (Å²) in [5.74, 6) is 2.32. The number of aryl methyl sites for hydroxylation is 1. The fourth-order valence-electron chi connectivity index (χ4n) is 3.01. The van der Waals surface area contributed by atoms with E-state index in [-0.39, 0.29) is 5.91 Å². The standard InChI is InChI=1S/C20H20N2O3S2/c1-26-10-7-22-15-12-16-17(25-9-8-24-16)13-18(15)27-20(22)21-19(23)11-14-5-3-2-4-6-14/h2-6,12-13H,7-11H2,1H3. The molecule has 27 heavy (non-hydrogen) atoms. The van der Waals surface area contributed by atoms with E-state index < -0.39 is 0 Å². The highest BCUT2D eigenvalue weighted by atomic mass is 32.2. The van der Waals surface area contributed by atoms with Crippen molar-refractivity contribution in [2.24, 2.45) is 4.99 Å². The molecule has 2 heterocycles. The van der Waals surface area contributed by atoms with Crippen molar-refractivity contribution in [2.75, 3.05) is 25.2 Å². The Hall–Kier alpha value is -2.25. The minimum absolute atomic E-state index is 0.136. The average Bonchev–Trinajstić information content (AvgIpc) is 3.00. The molecule has 0 fully saturated rings. The van der Waals surface area contributed by atoms with Crippen molar-refractivity contribution in [2.45, 2.75) is 13.0 Å². The summed E-state index contributed by atoms with van der Waals surface area (Å²) in [7, 11) is 0. The van der Waals surface area contributed by atoms with Crippen LogP contribution in [0.5, 0.6) is 11.5 Å². The lowest BCUT2D eigenvalue weighted by molar-refractivity contribution is -0.117. The third-order valence-electron chi connectivity index (χ3n) is 4.28. The first-order valence-corrected chi connectivity index (χ1v) is 11.0. The topological polar surface area (TPSA) is 52.8 Å². The molecule has 1 aliphatic rings. The van der Waals surface area contributed by atoms with Crippen molar-refractivity contribution in [1.29, 1.82) is 0 Å². The van der Waals surface area contributed by atoms with E-state index >= 15 is 0 Å². The van der Waals surface area contributed by atoms with E-state index in [0.29, 0.717) is 19.6 Å². The van der Waals surface area contributed by atoms with Crippen LogP contribution < -0.4 is 14.3 Å². The van der Waals surface area contributed by atoms with E-state index in [1.165, 1.54) is 11.3 Å². The Kier molecular flexibility index (Phi) is 5.50. The van der Waals surface area contributed by atoms with Gasteiger partial charge in [0, 0.05) is 24.4 Å². The van der Waals surface area contributed by atoms with Crippen LogP contribution >= 0.6 is 23.1 Å². The van der Waals surface area contributed by atoms with Crippen LogP contribution in [0, 0.1) is 0 Å². The molecule has 0 bridgehead atoms. The lowest BCUT2D eigenvalue weighted by Gasteiger charge is -2.18. The van der Waals surface area contributed by atoms with Gasteiger partial charge in [-0.25, -0.2) is 0 Å². The number of carbonyl (C=O) groups excluding carboxylic acids is 1. The predicted molar refractivity (Wildman–Crippen MR) is 110 cm³/mol. The Morgan fingerprint density at radius 1 is 1.19 bits per heavy atom. The zero-order chi connectivity index (χ0) is 18.6. The number of amides is 1. The van der Waals surface area contributed by atoms with Gasteiger partial charge in [-0.1, -0.05) is 41.7 Å². The van der Waals surface area contributed by atoms with Gasteiger partial charge in [-0.05, 0) is 11.8 Å².